The molecular weight excluding hydrogens is 536 g/mol. The Kier molecular flexibility index (Phi) is 6.05. The molecule has 1 aliphatic carbocycles. The van der Waals surface area contributed by atoms with E-state index in [0.29, 0.717) is 26.4 Å². The third-order valence-corrected chi connectivity index (χ3v) is 8.59. The molecule has 2 aromatic heterocycles. The summed E-state index contributed by atoms with van der Waals surface area (Å²) in [5.41, 5.74) is 5.83. The molecule has 0 spiro atoms. The summed E-state index contributed by atoms with van der Waals surface area (Å²) in [6.07, 6.45) is 3.38. The Labute approximate surface area is 238 Å². The molecule has 0 radical (unpaired) electrons. The smallest absolute Gasteiger partial charge is 0.336 e. The first-order valence-electron chi connectivity index (χ1n) is 13.2. The molecule has 8 heteroatoms. The van der Waals surface area contributed by atoms with E-state index in [9.17, 15) is 14.7 Å². The molecule has 41 heavy (non-hydrogen) atoms. The molecule has 0 fully saturated rings. The number of carboxylic acids is 1. The zero-order chi connectivity index (χ0) is 28.1. The van der Waals surface area contributed by atoms with E-state index < -0.39 is 5.97 Å². The molecule has 1 aliphatic heterocycles. The number of fused-ring (bicyclic) bond motifs is 3. The first-order valence-corrected chi connectivity index (χ1v) is 14.0. The van der Waals surface area contributed by atoms with Gasteiger partial charge in [-0.1, -0.05) is 65.9 Å². The number of allylic oxidation sites excluding steroid dienone is 1. The van der Waals surface area contributed by atoms with Gasteiger partial charge in [0.15, 0.2) is 4.80 Å². The summed E-state index contributed by atoms with van der Waals surface area (Å²) in [7, 11) is 1.64. The van der Waals surface area contributed by atoms with E-state index in [2.05, 4.69) is 12.1 Å². The van der Waals surface area contributed by atoms with Crippen molar-refractivity contribution in [2.24, 2.45) is 4.99 Å². The number of ether oxygens (including phenoxy) is 1. The van der Waals surface area contributed by atoms with Crippen molar-refractivity contribution in [3.8, 4) is 17.1 Å². The number of thiazole rings is 1. The van der Waals surface area contributed by atoms with Crippen molar-refractivity contribution in [2.45, 2.75) is 18.9 Å². The van der Waals surface area contributed by atoms with Crippen LogP contribution in [0.2, 0.25) is 0 Å². The van der Waals surface area contributed by atoms with Crippen LogP contribution in [0.5, 0.6) is 5.75 Å². The first-order chi connectivity index (χ1) is 20.0. The Bertz CT molecular complexity index is 2060. The van der Waals surface area contributed by atoms with Crippen molar-refractivity contribution in [3.05, 3.63) is 138 Å². The van der Waals surface area contributed by atoms with Gasteiger partial charge in [-0.3, -0.25) is 9.36 Å². The summed E-state index contributed by atoms with van der Waals surface area (Å²) in [6.45, 7) is 0. The number of aromatic nitrogens is 1. The van der Waals surface area contributed by atoms with Gasteiger partial charge in [0.05, 0.1) is 28.9 Å². The number of aryl methyl sites for hydroxylation is 1. The minimum absolute atomic E-state index is 0.150. The van der Waals surface area contributed by atoms with Crippen molar-refractivity contribution < 1.29 is 19.1 Å². The first kappa shape index (κ1) is 25.0. The predicted octanol–water partition coefficient (Wildman–Crippen LogP) is 5.29. The highest BCUT2D eigenvalue weighted by atomic mass is 32.1. The number of carboxylic acid groups (broad SMARTS) is 1. The molecule has 0 saturated heterocycles. The second-order valence-corrected chi connectivity index (χ2v) is 11.0. The Morgan fingerprint density at radius 3 is 2.66 bits per heavy atom. The van der Waals surface area contributed by atoms with Crippen molar-refractivity contribution in [1.82, 2.24) is 4.57 Å². The second-order valence-electron chi connectivity index (χ2n) is 9.94. The zero-order valence-corrected chi connectivity index (χ0v) is 22.9. The predicted molar refractivity (Wildman–Crippen MR) is 157 cm³/mol. The van der Waals surface area contributed by atoms with Crippen molar-refractivity contribution in [1.29, 1.82) is 0 Å². The Morgan fingerprint density at radius 2 is 1.83 bits per heavy atom. The van der Waals surface area contributed by atoms with E-state index in [1.807, 2.05) is 36.4 Å². The number of benzene rings is 3. The van der Waals surface area contributed by atoms with E-state index in [1.165, 1.54) is 23.0 Å². The minimum Gasteiger partial charge on any atom is -0.497 e. The number of hydrogen-bond donors (Lipinski definition) is 1. The lowest BCUT2D eigenvalue weighted by Gasteiger charge is -2.31. The van der Waals surface area contributed by atoms with Gasteiger partial charge >= 0.3 is 5.97 Å². The minimum atomic E-state index is -1.03. The standard InChI is InChI=1S/C33H24N2O5S/c1-39-21-9-6-8-20(17-21)30-26-15-13-19-7-2-3-10-23(19)29(26)34-33-35(30)31(36)28(41-33)18-22-14-16-27(40-22)24-11-4-5-12-25(24)32(37)38/h2-12,14,16-18,30H,13,15H2,1H3,(H,37,38)/b28-18-/t30-/m1/s1. The fraction of sp³-hybridized carbons (Fsp3) is 0.121. The van der Waals surface area contributed by atoms with Gasteiger partial charge in [0.2, 0.25) is 0 Å². The van der Waals surface area contributed by atoms with Crippen LogP contribution in [0, 0.1) is 0 Å². The molecule has 2 aliphatic rings. The van der Waals surface area contributed by atoms with Crippen LogP contribution in [0.15, 0.2) is 105 Å². The lowest BCUT2D eigenvalue weighted by atomic mass is 9.83. The van der Waals surface area contributed by atoms with Crippen LogP contribution in [-0.4, -0.2) is 22.8 Å². The Morgan fingerprint density at radius 1 is 1.02 bits per heavy atom. The summed E-state index contributed by atoms with van der Waals surface area (Å²) in [4.78, 5) is 31.4. The zero-order valence-electron chi connectivity index (χ0n) is 22.0. The lowest BCUT2D eigenvalue weighted by Crippen LogP contribution is -2.38. The third kappa shape index (κ3) is 4.24. The lowest BCUT2D eigenvalue weighted by molar-refractivity contribution is 0.0697. The van der Waals surface area contributed by atoms with Gasteiger partial charge in [-0.25, -0.2) is 9.79 Å². The van der Waals surface area contributed by atoms with E-state index in [0.717, 1.165) is 41.0 Å². The highest BCUT2D eigenvalue weighted by molar-refractivity contribution is 7.07. The SMILES string of the molecule is COc1cccc([C@@H]2C3=C(N=c4s/c(=C\c5ccc(-c6ccccc6C(=O)O)o5)c(=O)n42)c2ccccc2CC3)c1. The number of aromatic carboxylic acids is 1. The molecule has 7 nitrogen and oxygen atoms in total. The van der Waals surface area contributed by atoms with Crippen LogP contribution in [0.3, 0.4) is 0 Å². The third-order valence-electron chi connectivity index (χ3n) is 7.61. The van der Waals surface area contributed by atoms with Crippen molar-refractivity contribution >= 4 is 29.1 Å². The van der Waals surface area contributed by atoms with Crippen LogP contribution in [0.4, 0.5) is 0 Å². The largest absolute Gasteiger partial charge is 0.497 e. The fourth-order valence-corrected chi connectivity index (χ4v) is 6.70. The molecule has 1 atom stereocenters. The van der Waals surface area contributed by atoms with Crippen LogP contribution >= 0.6 is 11.3 Å². The van der Waals surface area contributed by atoms with Crippen molar-refractivity contribution in [2.75, 3.05) is 7.11 Å². The van der Waals surface area contributed by atoms with Crippen LogP contribution < -0.4 is 19.6 Å². The number of methoxy groups -OCH3 is 1. The Balaban J connectivity index is 1.40. The summed E-state index contributed by atoms with van der Waals surface area (Å²) in [5.74, 6) is 0.570. The monoisotopic (exact) mass is 560 g/mol. The molecule has 202 valence electrons. The van der Waals surface area contributed by atoms with Crippen LogP contribution in [0.25, 0.3) is 23.1 Å². The molecular formula is C33H24N2O5S. The maximum absolute atomic E-state index is 14.0. The topological polar surface area (TPSA) is 94.0 Å². The van der Waals surface area contributed by atoms with Gasteiger partial charge in [0, 0.05) is 17.2 Å². The maximum Gasteiger partial charge on any atom is 0.336 e. The van der Waals surface area contributed by atoms with E-state index >= 15 is 0 Å². The molecule has 5 aromatic rings. The molecule has 0 bridgehead atoms. The maximum atomic E-state index is 14.0. The van der Waals surface area contributed by atoms with Gasteiger partial charge in [-0.15, -0.1) is 0 Å². The molecule has 7 rings (SSSR count). The summed E-state index contributed by atoms with van der Waals surface area (Å²) in [5, 5.41) is 9.59. The second kappa shape index (κ2) is 9.91. The highest BCUT2D eigenvalue weighted by Crippen LogP contribution is 2.41. The number of carbonyl (C=O) groups is 1. The van der Waals surface area contributed by atoms with Gasteiger partial charge in [0.25, 0.3) is 5.56 Å². The fourth-order valence-electron chi connectivity index (χ4n) is 5.72. The van der Waals surface area contributed by atoms with E-state index in [-0.39, 0.29) is 17.2 Å². The summed E-state index contributed by atoms with van der Waals surface area (Å²) >= 11 is 1.32. The van der Waals surface area contributed by atoms with Gasteiger partial charge < -0.3 is 14.3 Å². The number of furan rings is 1. The van der Waals surface area contributed by atoms with Gasteiger partial charge in [-0.05, 0) is 59.9 Å². The van der Waals surface area contributed by atoms with Gasteiger partial charge in [0.1, 0.15) is 17.3 Å². The average Bonchev–Trinajstić information content (AvgIpc) is 3.60. The van der Waals surface area contributed by atoms with E-state index in [4.69, 9.17) is 14.1 Å². The number of hydrogen-bond acceptors (Lipinski definition) is 6. The van der Waals surface area contributed by atoms with Crippen LogP contribution in [-0.2, 0) is 6.42 Å². The molecule has 1 N–H and O–H groups in total. The molecule has 0 saturated carbocycles. The summed E-state index contributed by atoms with van der Waals surface area (Å²) < 4.78 is 13.8. The average molecular weight is 561 g/mol. The normalized spacial score (nSPS) is 16.0. The van der Waals surface area contributed by atoms with Gasteiger partial charge in [-0.2, -0.15) is 0 Å². The van der Waals surface area contributed by atoms with Crippen molar-refractivity contribution in [3.63, 3.8) is 0 Å². The number of rotatable bonds is 5. The molecule has 0 unspecified atom stereocenters. The van der Waals surface area contributed by atoms with E-state index in [1.54, 1.807) is 48.1 Å². The highest BCUT2D eigenvalue weighted by Gasteiger charge is 2.32. The van der Waals surface area contributed by atoms with Crippen LogP contribution in [0.1, 0.15) is 45.3 Å². The quantitative estimate of drug-likeness (QED) is 0.316. The molecule has 3 heterocycles. The molecule has 0 amide bonds. The number of nitrogens with zero attached hydrogens (tertiary/aromatic N) is 2. The summed E-state index contributed by atoms with van der Waals surface area (Å²) in [6, 6.07) is 26.0. The Hall–Kier alpha value is -4.95. The molecule has 3 aromatic carbocycles.